The van der Waals surface area contributed by atoms with Crippen LogP contribution in [0.4, 0.5) is 13.6 Å². The Balaban J connectivity index is 1.60. The van der Waals surface area contributed by atoms with E-state index in [9.17, 15) is 18.4 Å². The monoisotopic (exact) mass is 383 g/mol. The van der Waals surface area contributed by atoms with Crippen molar-refractivity contribution in [2.45, 2.75) is 38.3 Å². The molecule has 1 spiro atoms. The second kappa shape index (κ2) is 6.08. The fraction of sp³-hybridized carbons (Fsp3) is 0.556. The van der Waals surface area contributed by atoms with Gasteiger partial charge in [-0.15, -0.1) is 0 Å². The van der Waals surface area contributed by atoms with E-state index >= 15 is 0 Å². The highest BCUT2D eigenvalue weighted by Crippen LogP contribution is 2.74. The Bertz CT molecular complexity index is 784. The maximum Gasteiger partial charge on any atom is 0.318 e. The Morgan fingerprint density at radius 2 is 2.15 bits per heavy atom. The third kappa shape index (κ3) is 2.82. The van der Waals surface area contributed by atoms with Crippen LogP contribution in [0.1, 0.15) is 37.8 Å². The fourth-order valence-corrected chi connectivity index (χ4v) is 4.21. The van der Waals surface area contributed by atoms with Crippen molar-refractivity contribution in [1.82, 2.24) is 15.5 Å². The van der Waals surface area contributed by atoms with Gasteiger partial charge < -0.3 is 15.5 Å². The van der Waals surface area contributed by atoms with E-state index in [0.29, 0.717) is 13.1 Å². The first-order chi connectivity index (χ1) is 12.3. The zero-order valence-electron chi connectivity index (χ0n) is 14.3. The molecule has 0 radical (unpaired) electrons. The number of piperazine rings is 1. The highest BCUT2D eigenvalue weighted by molar-refractivity contribution is 6.31. The van der Waals surface area contributed by atoms with Crippen molar-refractivity contribution >= 4 is 23.5 Å². The highest BCUT2D eigenvalue weighted by atomic mass is 35.5. The minimum atomic E-state index is -0.830. The largest absolute Gasteiger partial charge is 0.353 e. The smallest absolute Gasteiger partial charge is 0.318 e. The SMILES string of the molecule is C[C@@H]1C(=O)NCCN1C(=O)N[C@H](c1ccc(F)c(Cl)c1F)[C@@H]1CC12CC2. The number of hydrogen-bond acceptors (Lipinski definition) is 2. The minimum Gasteiger partial charge on any atom is -0.353 e. The predicted molar refractivity (Wildman–Crippen MR) is 91.6 cm³/mol. The summed E-state index contributed by atoms with van der Waals surface area (Å²) in [6.07, 6.45) is 3.02. The molecule has 1 aliphatic heterocycles. The van der Waals surface area contributed by atoms with Crippen molar-refractivity contribution in [3.63, 3.8) is 0 Å². The molecule has 5 nitrogen and oxygen atoms in total. The molecule has 3 atom stereocenters. The molecule has 1 aromatic rings. The molecule has 1 heterocycles. The Hall–Kier alpha value is -1.89. The molecule has 140 valence electrons. The van der Waals surface area contributed by atoms with Crippen LogP contribution < -0.4 is 10.6 Å². The number of carbonyl (C=O) groups is 2. The number of carbonyl (C=O) groups excluding carboxylic acids is 2. The average Bonchev–Trinajstić information content (AvgIpc) is 3.53. The molecule has 3 fully saturated rings. The summed E-state index contributed by atoms with van der Waals surface area (Å²) < 4.78 is 28.1. The number of rotatable bonds is 3. The van der Waals surface area contributed by atoms with Crippen molar-refractivity contribution in [2.75, 3.05) is 13.1 Å². The van der Waals surface area contributed by atoms with E-state index < -0.39 is 34.8 Å². The average molecular weight is 384 g/mol. The molecule has 4 rings (SSSR count). The Morgan fingerprint density at radius 3 is 2.81 bits per heavy atom. The quantitative estimate of drug-likeness (QED) is 0.788. The molecule has 2 N–H and O–H groups in total. The molecular formula is C18H20ClF2N3O2. The lowest BCUT2D eigenvalue weighted by molar-refractivity contribution is -0.126. The van der Waals surface area contributed by atoms with Crippen LogP contribution in [0.15, 0.2) is 12.1 Å². The van der Waals surface area contributed by atoms with Crippen LogP contribution in [0.5, 0.6) is 0 Å². The molecule has 3 amide bonds. The van der Waals surface area contributed by atoms with Gasteiger partial charge in [0.15, 0.2) is 0 Å². The van der Waals surface area contributed by atoms with Crippen LogP contribution >= 0.6 is 11.6 Å². The Kier molecular flexibility index (Phi) is 4.10. The summed E-state index contributed by atoms with van der Waals surface area (Å²) in [6.45, 7) is 2.41. The Labute approximate surface area is 155 Å². The topological polar surface area (TPSA) is 61.4 Å². The van der Waals surface area contributed by atoms with E-state index in [-0.39, 0.29) is 22.8 Å². The normalized spacial score (nSPS) is 27.1. The molecule has 0 aromatic heterocycles. The van der Waals surface area contributed by atoms with E-state index in [0.717, 1.165) is 25.3 Å². The number of hydrogen-bond donors (Lipinski definition) is 2. The molecule has 0 bridgehead atoms. The zero-order valence-corrected chi connectivity index (χ0v) is 15.1. The number of halogens is 3. The molecule has 1 saturated heterocycles. The van der Waals surface area contributed by atoms with Crippen molar-refractivity contribution in [2.24, 2.45) is 11.3 Å². The predicted octanol–water partition coefficient (Wildman–Crippen LogP) is 2.99. The zero-order chi connectivity index (χ0) is 18.6. The molecule has 3 aliphatic rings. The van der Waals surface area contributed by atoms with Gasteiger partial charge in [0.1, 0.15) is 22.7 Å². The summed E-state index contributed by atoms with van der Waals surface area (Å²) in [5.74, 6) is -1.76. The fourth-order valence-electron chi connectivity index (χ4n) is 4.04. The first-order valence-electron chi connectivity index (χ1n) is 8.82. The van der Waals surface area contributed by atoms with E-state index in [1.54, 1.807) is 6.92 Å². The van der Waals surface area contributed by atoms with Gasteiger partial charge in [0.2, 0.25) is 5.91 Å². The molecule has 2 aliphatic carbocycles. The van der Waals surface area contributed by atoms with Gasteiger partial charge in [0, 0.05) is 18.7 Å². The van der Waals surface area contributed by atoms with Gasteiger partial charge in [-0.3, -0.25) is 4.79 Å². The van der Waals surface area contributed by atoms with E-state index in [2.05, 4.69) is 10.6 Å². The standard InChI is InChI=1S/C18H20ClF2N3O2/c1-9-16(25)22-6-7-24(9)17(26)23-15(11-8-18(11)4-5-18)10-2-3-12(20)13(19)14(10)21/h2-3,9,11,15H,4-8H2,1H3,(H,22,25)(H,23,26)/t9-,11+,15-/m1/s1. The van der Waals surface area contributed by atoms with Crippen molar-refractivity contribution in [1.29, 1.82) is 0 Å². The van der Waals surface area contributed by atoms with Gasteiger partial charge in [-0.1, -0.05) is 17.7 Å². The van der Waals surface area contributed by atoms with Crippen molar-refractivity contribution < 1.29 is 18.4 Å². The lowest BCUT2D eigenvalue weighted by Gasteiger charge is -2.34. The highest BCUT2D eigenvalue weighted by Gasteiger charge is 2.65. The van der Waals surface area contributed by atoms with Crippen LogP contribution in [0.25, 0.3) is 0 Å². The van der Waals surface area contributed by atoms with Crippen molar-refractivity contribution in [3.05, 3.63) is 34.4 Å². The lowest BCUT2D eigenvalue weighted by Crippen LogP contribution is -2.58. The maximum absolute atomic E-state index is 14.6. The van der Waals surface area contributed by atoms with Gasteiger partial charge >= 0.3 is 6.03 Å². The van der Waals surface area contributed by atoms with E-state index in [1.807, 2.05) is 0 Å². The van der Waals surface area contributed by atoms with Crippen molar-refractivity contribution in [3.8, 4) is 0 Å². The number of urea groups is 1. The van der Waals surface area contributed by atoms with Gasteiger partial charge in [-0.05, 0) is 43.6 Å². The summed E-state index contributed by atoms with van der Waals surface area (Å²) in [6, 6.07) is 0.876. The number of amides is 3. The first-order valence-corrected chi connectivity index (χ1v) is 9.20. The van der Waals surface area contributed by atoms with Crippen LogP contribution in [0, 0.1) is 23.0 Å². The third-order valence-corrected chi connectivity index (χ3v) is 6.33. The summed E-state index contributed by atoms with van der Waals surface area (Å²) >= 11 is 5.74. The summed E-state index contributed by atoms with van der Waals surface area (Å²) in [5.41, 5.74) is 0.378. The molecule has 8 heteroatoms. The summed E-state index contributed by atoms with van der Waals surface area (Å²) in [7, 11) is 0. The molecule has 26 heavy (non-hydrogen) atoms. The van der Waals surface area contributed by atoms with Crippen LogP contribution in [0.2, 0.25) is 5.02 Å². The van der Waals surface area contributed by atoms with E-state index in [1.165, 1.54) is 11.0 Å². The minimum absolute atomic E-state index is 0.108. The van der Waals surface area contributed by atoms with Gasteiger partial charge in [0.05, 0.1) is 6.04 Å². The summed E-state index contributed by atoms with van der Waals surface area (Å²) in [5, 5.41) is 5.03. The molecule has 0 unspecified atom stereocenters. The van der Waals surface area contributed by atoms with Crippen LogP contribution in [-0.4, -0.2) is 36.0 Å². The number of nitrogens with zero attached hydrogens (tertiary/aromatic N) is 1. The number of nitrogens with one attached hydrogen (secondary N) is 2. The second-order valence-electron chi connectivity index (χ2n) is 7.53. The third-order valence-electron chi connectivity index (χ3n) is 5.99. The molecular weight excluding hydrogens is 364 g/mol. The van der Waals surface area contributed by atoms with E-state index in [4.69, 9.17) is 11.6 Å². The molecule has 1 aromatic carbocycles. The maximum atomic E-state index is 14.6. The second-order valence-corrected chi connectivity index (χ2v) is 7.90. The van der Waals surface area contributed by atoms with Crippen LogP contribution in [-0.2, 0) is 4.79 Å². The van der Waals surface area contributed by atoms with Crippen LogP contribution in [0.3, 0.4) is 0 Å². The van der Waals surface area contributed by atoms with Gasteiger partial charge in [-0.2, -0.15) is 0 Å². The van der Waals surface area contributed by atoms with Gasteiger partial charge in [-0.25, -0.2) is 13.6 Å². The number of benzene rings is 1. The Morgan fingerprint density at radius 1 is 1.42 bits per heavy atom. The molecule has 2 saturated carbocycles. The van der Waals surface area contributed by atoms with Gasteiger partial charge in [0.25, 0.3) is 0 Å². The first kappa shape index (κ1) is 17.5. The summed E-state index contributed by atoms with van der Waals surface area (Å²) in [4.78, 5) is 26.0. The lowest BCUT2D eigenvalue weighted by atomic mass is 9.99.